The Morgan fingerprint density at radius 2 is 2.31 bits per heavy atom. The second-order valence-corrected chi connectivity index (χ2v) is 4.97. The summed E-state index contributed by atoms with van der Waals surface area (Å²) in [5.41, 5.74) is 1.26. The van der Waals surface area contributed by atoms with Crippen molar-refractivity contribution in [3.63, 3.8) is 0 Å². The van der Waals surface area contributed by atoms with Crippen molar-refractivity contribution in [3.05, 3.63) is 32.4 Å². The summed E-state index contributed by atoms with van der Waals surface area (Å²) in [5, 5.41) is 4.34. The summed E-state index contributed by atoms with van der Waals surface area (Å²) in [4.78, 5) is 0. The molecule has 2 rings (SSSR count). The first-order chi connectivity index (χ1) is 6.27. The van der Waals surface area contributed by atoms with E-state index in [-0.39, 0.29) is 0 Å². The largest absolute Gasteiger partial charge is 0.310 e. The molecule has 0 radical (unpaired) electrons. The van der Waals surface area contributed by atoms with Gasteiger partial charge in [0.25, 0.3) is 0 Å². The van der Waals surface area contributed by atoms with Gasteiger partial charge in [-0.3, -0.25) is 0 Å². The van der Waals surface area contributed by atoms with Crippen LogP contribution in [0.4, 0.5) is 0 Å². The lowest BCUT2D eigenvalue weighted by atomic mass is 10.1. The molecule has 1 nitrogen and oxygen atoms in total. The normalized spacial score (nSPS) is 22.2. The Hall–Kier alpha value is 0.200. The lowest BCUT2D eigenvalue weighted by molar-refractivity contribution is 0.647. The summed E-state index contributed by atoms with van der Waals surface area (Å²) in [6.45, 7) is 1.12. The van der Waals surface area contributed by atoms with Crippen molar-refractivity contribution in [1.82, 2.24) is 5.32 Å². The number of halogens is 2. The molecule has 13 heavy (non-hydrogen) atoms. The standard InChI is InChI=1S/C10H11ClIN/c11-9-4-3-7(12)6-8(9)10-2-1-5-13-10/h3-4,6,10,13H,1-2,5H2. The fourth-order valence-electron chi connectivity index (χ4n) is 1.73. The van der Waals surface area contributed by atoms with Crippen LogP contribution >= 0.6 is 34.2 Å². The van der Waals surface area contributed by atoms with Crippen LogP contribution in [0.2, 0.25) is 5.02 Å². The minimum Gasteiger partial charge on any atom is -0.310 e. The number of nitrogens with one attached hydrogen (secondary N) is 1. The van der Waals surface area contributed by atoms with Gasteiger partial charge in [-0.25, -0.2) is 0 Å². The Labute approximate surface area is 97.0 Å². The average molecular weight is 308 g/mol. The van der Waals surface area contributed by atoms with Gasteiger partial charge in [0.1, 0.15) is 0 Å². The Balaban J connectivity index is 2.32. The second-order valence-electron chi connectivity index (χ2n) is 3.31. The summed E-state index contributed by atoms with van der Waals surface area (Å²) >= 11 is 8.46. The van der Waals surface area contributed by atoms with Crippen LogP contribution < -0.4 is 5.32 Å². The fourth-order valence-corrected chi connectivity index (χ4v) is 2.50. The van der Waals surface area contributed by atoms with Crippen molar-refractivity contribution in [1.29, 1.82) is 0 Å². The molecular formula is C10H11ClIN. The van der Waals surface area contributed by atoms with E-state index in [1.165, 1.54) is 22.0 Å². The second kappa shape index (κ2) is 4.15. The first-order valence-electron chi connectivity index (χ1n) is 4.46. The molecular weight excluding hydrogens is 296 g/mol. The highest BCUT2D eigenvalue weighted by molar-refractivity contribution is 14.1. The molecule has 1 N–H and O–H groups in total. The average Bonchev–Trinajstić information content (AvgIpc) is 2.61. The first kappa shape index (κ1) is 9.74. The highest BCUT2D eigenvalue weighted by Crippen LogP contribution is 2.30. The van der Waals surface area contributed by atoms with Crippen molar-refractivity contribution in [2.24, 2.45) is 0 Å². The van der Waals surface area contributed by atoms with Crippen molar-refractivity contribution >= 4 is 34.2 Å². The molecule has 1 aliphatic heterocycles. The molecule has 0 bridgehead atoms. The van der Waals surface area contributed by atoms with E-state index < -0.39 is 0 Å². The molecule has 1 fully saturated rings. The van der Waals surface area contributed by atoms with Gasteiger partial charge in [0.05, 0.1) is 0 Å². The van der Waals surface area contributed by atoms with E-state index >= 15 is 0 Å². The van der Waals surface area contributed by atoms with E-state index in [9.17, 15) is 0 Å². The third-order valence-electron chi connectivity index (χ3n) is 2.39. The first-order valence-corrected chi connectivity index (χ1v) is 5.91. The van der Waals surface area contributed by atoms with E-state index in [1.807, 2.05) is 12.1 Å². The Morgan fingerprint density at radius 3 is 3.00 bits per heavy atom. The molecule has 70 valence electrons. The van der Waals surface area contributed by atoms with E-state index in [4.69, 9.17) is 11.6 Å². The van der Waals surface area contributed by atoms with Gasteiger partial charge in [-0.15, -0.1) is 0 Å². The van der Waals surface area contributed by atoms with E-state index in [0.717, 1.165) is 11.6 Å². The van der Waals surface area contributed by atoms with E-state index in [0.29, 0.717) is 6.04 Å². The van der Waals surface area contributed by atoms with Gasteiger partial charge in [0.2, 0.25) is 0 Å². The van der Waals surface area contributed by atoms with Gasteiger partial charge in [-0.1, -0.05) is 11.6 Å². The quantitative estimate of drug-likeness (QED) is 0.785. The van der Waals surface area contributed by atoms with Crippen molar-refractivity contribution < 1.29 is 0 Å². The van der Waals surface area contributed by atoms with Crippen molar-refractivity contribution in [2.45, 2.75) is 18.9 Å². The summed E-state index contributed by atoms with van der Waals surface area (Å²) in [6, 6.07) is 6.67. The Bertz CT molecular complexity index is 308. The zero-order chi connectivity index (χ0) is 9.26. The fraction of sp³-hybridized carbons (Fsp3) is 0.400. The Morgan fingerprint density at radius 1 is 1.46 bits per heavy atom. The molecule has 0 spiro atoms. The molecule has 0 aliphatic carbocycles. The number of hydrogen-bond acceptors (Lipinski definition) is 1. The van der Waals surface area contributed by atoms with E-state index in [2.05, 4.69) is 34.0 Å². The molecule has 1 unspecified atom stereocenters. The van der Waals surface area contributed by atoms with Crippen LogP contribution in [-0.4, -0.2) is 6.54 Å². The third-order valence-corrected chi connectivity index (χ3v) is 3.41. The molecule has 1 heterocycles. The summed E-state index contributed by atoms with van der Waals surface area (Å²) < 4.78 is 1.26. The molecule has 1 saturated heterocycles. The Kier molecular flexibility index (Phi) is 3.11. The molecule has 0 saturated carbocycles. The number of benzene rings is 1. The zero-order valence-electron chi connectivity index (χ0n) is 7.19. The SMILES string of the molecule is Clc1ccc(I)cc1C1CCCN1. The lowest BCUT2D eigenvalue weighted by Gasteiger charge is -2.12. The van der Waals surface area contributed by atoms with Crippen LogP contribution in [-0.2, 0) is 0 Å². The van der Waals surface area contributed by atoms with Crippen LogP contribution in [0.5, 0.6) is 0 Å². The predicted molar refractivity (Wildman–Crippen MR) is 64.1 cm³/mol. The molecule has 1 aliphatic rings. The highest BCUT2D eigenvalue weighted by Gasteiger charge is 2.18. The van der Waals surface area contributed by atoms with Crippen LogP contribution in [0.25, 0.3) is 0 Å². The van der Waals surface area contributed by atoms with Crippen LogP contribution in [0.1, 0.15) is 24.4 Å². The smallest absolute Gasteiger partial charge is 0.0454 e. The maximum Gasteiger partial charge on any atom is 0.0454 e. The van der Waals surface area contributed by atoms with Crippen molar-refractivity contribution in [2.75, 3.05) is 6.54 Å². The number of rotatable bonds is 1. The molecule has 0 aromatic heterocycles. The monoisotopic (exact) mass is 307 g/mol. The maximum atomic E-state index is 6.13. The molecule has 1 atom stereocenters. The van der Waals surface area contributed by atoms with Gasteiger partial charge < -0.3 is 5.32 Å². The molecule has 3 heteroatoms. The summed E-state index contributed by atoms with van der Waals surface area (Å²) in [7, 11) is 0. The van der Waals surface area contributed by atoms with Gasteiger partial charge in [-0.05, 0) is 65.7 Å². The minimum atomic E-state index is 0.474. The maximum absolute atomic E-state index is 6.13. The summed E-state index contributed by atoms with van der Waals surface area (Å²) in [6.07, 6.45) is 2.46. The predicted octanol–water partition coefficient (Wildman–Crippen LogP) is 3.37. The topological polar surface area (TPSA) is 12.0 Å². The molecule has 1 aromatic rings. The van der Waals surface area contributed by atoms with Gasteiger partial charge in [0.15, 0.2) is 0 Å². The van der Waals surface area contributed by atoms with Crippen LogP contribution in [0.15, 0.2) is 18.2 Å². The van der Waals surface area contributed by atoms with Crippen molar-refractivity contribution in [3.8, 4) is 0 Å². The minimum absolute atomic E-state index is 0.474. The summed E-state index contributed by atoms with van der Waals surface area (Å²) in [5.74, 6) is 0. The highest BCUT2D eigenvalue weighted by atomic mass is 127. The van der Waals surface area contributed by atoms with Gasteiger partial charge >= 0.3 is 0 Å². The van der Waals surface area contributed by atoms with Crippen LogP contribution in [0.3, 0.4) is 0 Å². The molecule has 1 aromatic carbocycles. The number of hydrogen-bond donors (Lipinski definition) is 1. The van der Waals surface area contributed by atoms with Gasteiger partial charge in [0, 0.05) is 14.6 Å². The zero-order valence-corrected chi connectivity index (χ0v) is 10.1. The molecule has 0 amide bonds. The lowest BCUT2D eigenvalue weighted by Crippen LogP contribution is -2.13. The van der Waals surface area contributed by atoms with E-state index in [1.54, 1.807) is 0 Å². The third kappa shape index (κ3) is 2.17. The van der Waals surface area contributed by atoms with Crippen LogP contribution in [0, 0.1) is 3.57 Å². The van der Waals surface area contributed by atoms with Gasteiger partial charge in [-0.2, -0.15) is 0 Å².